The molecule has 0 amide bonds. The molecule has 1 aliphatic heterocycles. The average Bonchev–Trinajstić information content (AvgIpc) is 2.46. The lowest BCUT2D eigenvalue weighted by atomic mass is 10.1. The summed E-state index contributed by atoms with van der Waals surface area (Å²) in [5, 5.41) is 8.66. The third-order valence-corrected chi connectivity index (χ3v) is 3.51. The van der Waals surface area contributed by atoms with Crippen LogP contribution in [0.15, 0.2) is 11.6 Å². The molecule has 1 N–H and O–H groups in total. The fourth-order valence-electron chi connectivity index (χ4n) is 2.14. The highest BCUT2D eigenvalue weighted by atomic mass is 16.7. The normalized spacial score (nSPS) is 20.1. The highest BCUT2D eigenvalue weighted by Gasteiger charge is 2.12. The van der Waals surface area contributed by atoms with Crippen molar-refractivity contribution in [2.75, 3.05) is 19.8 Å². The number of aliphatic hydroxyl groups is 1. The quantitative estimate of drug-likeness (QED) is 0.495. The summed E-state index contributed by atoms with van der Waals surface area (Å²) in [7, 11) is 0. The van der Waals surface area contributed by atoms with Crippen molar-refractivity contribution < 1.29 is 19.4 Å². The Labute approximate surface area is 122 Å². The van der Waals surface area contributed by atoms with E-state index in [2.05, 4.69) is 0 Å². The van der Waals surface area contributed by atoms with Crippen LogP contribution < -0.4 is 0 Å². The molecule has 1 aliphatic rings. The molecule has 1 atom stereocenters. The maximum atomic E-state index is 11.6. The summed E-state index contributed by atoms with van der Waals surface area (Å²) in [5.74, 6) is 0.280. The minimum absolute atomic E-state index is 0.0482. The van der Waals surface area contributed by atoms with E-state index in [1.165, 1.54) is 12.0 Å². The molecule has 1 heterocycles. The molecule has 1 unspecified atom stereocenters. The Hall–Kier alpha value is -0.710. The van der Waals surface area contributed by atoms with Gasteiger partial charge in [-0.05, 0) is 45.4 Å². The van der Waals surface area contributed by atoms with Crippen LogP contribution in [-0.4, -0.2) is 37.0 Å². The number of ether oxygens (including phenoxy) is 2. The Morgan fingerprint density at radius 1 is 1.30 bits per heavy atom. The van der Waals surface area contributed by atoms with E-state index >= 15 is 0 Å². The smallest absolute Gasteiger partial charge is 0.157 e. The van der Waals surface area contributed by atoms with E-state index in [1.54, 1.807) is 0 Å². The zero-order chi connectivity index (χ0) is 14.6. The first-order chi connectivity index (χ1) is 9.72. The number of aliphatic hydroxyl groups excluding tert-OH is 1. The Kier molecular flexibility index (Phi) is 9.54. The SMILES string of the molecule is C/C(=C\COC1CCCCO1)CCC(=O)CCCCO. The van der Waals surface area contributed by atoms with Gasteiger partial charge in [-0.1, -0.05) is 11.6 Å². The first-order valence-corrected chi connectivity index (χ1v) is 7.73. The zero-order valence-electron chi connectivity index (χ0n) is 12.6. The van der Waals surface area contributed by atoms with E-state index in [-0.39, 0.29) is 18.7 Å². The van der Waals surface area contributed by atoms with Crippen molar-refractivity contribution in [3.63, 3.8) is 0 Å². The number of hydrogen-bond acceptors (Lipinski definition) is 4. The van der Waals surface area contributed by atoms with E-state index in [0.29, 0.717) is 19.4 Å². The number of ketones is 1. The van der Waals surface area contributed by atoms with Gasteiger partial charge >= 0.3 is 0 Å². The second-order valence-corrected chi connectivity index (χ2v) is 5.40. The molecule has 20 heavy (non-hydrogen) atoms. The molecule has 1 saturated heterocycles. The van der Waals surface area contributed by atoms with Crippen molar-refractivity contribution in [2.24, 2.45) is 0 Å². The van der Waals surface area contributed by atoms with Gasteiger partial charge in [-0.3, -0.25) is 4.79 Å². The Morgan fingerprint density at radius 3 is 2.85 bits per heavy atom. The van der Waals surface area contributed by atoms with Crippen LogP contribution in [0.2, 0.25) is 0 Å². The van der Waals surface area contributed by atoms with Crippen LogP contribution >= 0.6 is 0 Å². The van der Waals surface area contributed by atoms with Crippen molar-refractivity contribution in [1.82, 2.24) is 0 Å². The first-order valence-electron chi connectivity index (χ1n) is 7.73. The molecular formula is C16H28O4. The maximum absolute atomic E-state index is 11.6. The van der Waals surface area contributed by atoms with Crippen LogP contribution in [0.5, 0.6) is 0 Å². The number of Topliss-reactive ketones (excluding diaryl/α,β-unsaturated/α-hetero) is 1. The molecule has 1 fully saturated rings. The molecule has 116 valence electrons. The predicted octanol–water partition coefficient (Wildman–Crippen LogP) is 2.99. The Balaban J connectivity index is 2.06. The van der Waals surface area contributed by atoms with E-state index in [0.717, 1.165) is 38.7 Å². The third-order valence-electron chi connectivity index (χ3n) is 3.51. The fourth-order valence-corrected chi connectivity index (χ4v) is 2.14. The summed E-state index contributed by atoms with van der Waals surface area (Å²) in [5.41, 5.74) is 1.19. The van der Waals surface area contributed by atoms with Crippen LogP contribution in [0, 0.1) is 0 Å². The van der Waals surface area contributed by atoms with Crippen molar-refractivity contribution in [2.45, 2.75) is 64.6 Å². The van der Waals surface area contributed by atoms with Crippen molar-refractivity contribution in [3.05, 3.63) is 11.6 Å². The van der Waals surface area contributed by atoms with Gasteiger partial charge in [-0.15, -0.1) is 0 Å². The van der Waals surface area contributed by atoms with E-state index < -0.39 is 0 Å². The number of unbranched alkanes of at least 4 members (excludes halogenated alkanes) is 1. The number of carbonyl (C=O) groups excluding carboxylic acids is 1. The summed E-state index contributed by atoms with van der Waals surface area (Å²) in [6, 6.07) is 0. The molecule has 4 nitrogen and oxygen atoms in total. The largest absolute Gasteiger partial charge is 0.396 e. The van der Waals surface area contributed by atoms with Crippen molar-refractivity contribution in [1.29, 1.82) is 0 Å². The van der Waals surface area contributed by atoms with Gasteiger partial charge in [-0.25, -0.2) is 0 Å². The molecule has 0 aromatic carbocycles. The summed E-state index contributed by atoms with van der Waals surface area (Å²) in [4.78, 5) is 11.6. The van der Waals surface area contributed by atoms with Crippen LogP contribution in [-0.2, 0) is 14.3 Å². The van der Waals surface area contributed by atoms with Crippen LogP contribution in [0.3, 0.4) is 0 Å². The third kappa shape index (κ3) is 8.46. The van der Waals surface area contributed by atoms with Gasteiger partial charge in [0.25, 0.3) is 0 Å². The molecule has 4 heteroatoms. The van der Waals surface area contributed by atoms with Crippen LogP contribution in [0.4, 0.5) is 0 Å². The van der Waals surface area contributed by atoms with Crippen LogP contribution in [0.1, 0.15) is 58.3 Å². The minimum Gasteiger partial charge on any atom is -0.396 e. The van der Waals surface area contributed by atoms with Gasteiger partial charge in [0.1, 0.15) is 5.78 Å². The summed E-state index contributed by atoms with van der Waals surface area (Å²) >= 11 is 0. The van der Waals surface area contributed by atoms with Crippen molar-refractivity contribution in [3.8, 4) is 0 Å². The number of rotatable bonds is 10. The Morgan fingerprint density at radius 2 is 2.15 bits per heavy atom. The highest BCUT2D eigenvalue weighted by Crippen LogP contribution is 2.14. The Bertz CT molecular complexity index is 293. The summed E-state index contributed by atoms with van der Waals surface area (Å²) < 4.78 is 11.1. The minimum atomic E-state index is -0.0482. The molecule has 0 saturated carbocycles. The van der Waals surface area contributed by atoms with Crippen molar-refractivity contribution >= 4 is 5.78 Å². The monoisotopic (exact) mass is 284 g/mol. The number of hydrogen-bond donors (Lipinski definition) is 1. The predicted molar refractivity (Wildman–Crippen MR) is 78.5 cm³/mol. The van der Waals surface area contributed by atoms with E-state index in [1.807, 2.05) is 13.0 Å². The van der Waals surface area contributed by atoms with Gasteiger partial charge in [0, 0.05) is 26.1 Å². The lowest BCUT2D eigenvalue weighted by Gasteiger charge is -2.22. The standard InChI is InChI=1S/C16H28O4/c1-14(8-9-15(18)6-2-4-11-17)10-13-20-16-7-3-5-12-19-16/h10,16-17H,2-9,11-13H2,1H3/b14-10+. The molecule has 1 rings (SSSR count). The second-order valence-electron chi connectivity index (χ2n) is 5.40. The highest BCUT2D eigenvalue weighted by molar-refractivity contribution is 5.78. The van der Waals surface area contributed by atoms with Gasteiger partial charge in [0.05, 0.1) is 6.61 Å². The lowest BCUT2D eigenvalue weighted by molar-refractivity contribution is -0.155. The zero-order valence-corrected chi connectivity index (χ0v) is 12.6. The van der Waals surface area contributed by atoms with E-state index in [4.69, 9.17) is 14.6 Å². The summed E-state index contributed by atoms with van der Waals surface area (Å²) in [6.45, 7) is 3.57. The van der Waals surface area contributed by atoms with Gasteiger partial charge in [0.15, 0.2) is 6.29 Å². The molecule has 0 bridgehead atoms. The summed E-state index contributed by atoms with van der Waals surface area (Å²) in [6.07, 6.45) is 8.77. The number of allylic oxidation sites excluding steroid dienone is 1. The van der Waals surface area contributed by atoms with Gasteiger partial charge in [-0.2, -0.15) is 0 Å². The fraction of sp³-hybridized carbons (Fsp3) is 0.812. The van der Waals surface area contributed by atoms with E-state index in [9.17, 15) is 4.79 Å². The van der Waals surface area contributed by atoms with Crippen LogP contribution in [0.25, 0.3) is 0 Å². The molecule has 0 aliphatic carbocycles. The molecule has 0 radical (unpaired) electrons. The number of carbonyl (C=O) groups is 1. The first kappa shape index (κ1) is 17.3. The average molecular weight is 284 g/mol. The topological polar surface area (TPSA) is 55.8 Å². The second kappa shape index (κ2) is 11.0. The molecule has 0 aromatic rings. The molecule has 0 aromatic heterocycles. The van der Waals surface area contributed by atoms with Gasteiger partial charge < -0.3 is 14.6 Å². The molecular weight excluding hydrogens is 256 g/mol. The lowest BCUT2D eigenvalue weighted by Crippen LogP contribution is -2.22. The maximum Gasteiger partial charge on any atom is 0.157 e. The molecule has 0 spiro atoms. The van der Waals surface area contributed by atoms with Gasteiger partial charge in [0.2, 0.25) is 0 Å².